The van der Waals surface area contributed by atoms with Gasteiger partial charge in [-0.1, -0.05) is 27.7 Å². The van der Waals surface area contributed by atoms with Crippen molar-refractivity contribution in [2.75, 3.05) is 44.2 Å². The van der Waals surface area contributed by atoms with E-state index < -0.39 is 0 Å². The molecular weight excluding hydrogens is 326 g/mol. The van der Waals surface area contributed by atoms with Crippen molar-refractivity contribution in [2.45, 2.75) is 34.1 Å². The van der Waals surface area contributed by atoms with Crippen LogP contribution in [0.3, 0.4) is 0 Å². The Morgan fingerprint density at radius 1 is 1.23 bits per heavy atom. The third-order valence-corrected chi connectivity index (χ3v) is 4.59. The lowest BCUT2D eigenvalue weighted by Gasteiger charge is -2.36. The van der Waals surface area contributed by atoms with Crippen molar-refractivity contribution in [1.29, 1.82) is 5.26 Å². The fourth-order valence-corrected chi connectivity index (χ4v) is 3.07. The molecule has 1 fully saturated rings. The van der Waals surface area contributed by atoms with Crippen LogP contribution in [0.5, 0.6) is 0 Å². The van der Waals surface area contributed by atoms with Gasteiger partial charge in [0.1, 0.15) is 11.9 Å². The Hall–Kier alpha value is -2.13. The van der Waals surface area contributed by atoms with E-state index in [1.807, 2.05) is 26.0 Å². The molecule has 6 nitrogen and oxygen atoms in total. The van der Waals surface area contributed by atoms with E-state index in [1.54, 1.807) is 0 Å². The Morgan fingerprint density at radius 3 is 2.50 bits per heavy atom. The molecule has 0 bridgehead atoms. The number of carbonyl (C=O) groups excluding carboxylic acids is 1. The molecule has 1 aliphatic rings. The second kappa shape index (κ2) is 9.54. The first-order valence-electron chi connectivity index (χ1n) is 9.55. The number of piperazine rings is 1. The first kappa shape index (κ1) is 20.2. The first-order chi connectivity index (χ1) is 12.4. The number of nitrogens with zero attached hydrogens (tertiary/aromatic N) is 4. The van der Waals surface area contributed by atoms with E-state index in [0.717, 1.165) is 50.7 Å². The Morgan fingerprint density at radius 2 is 1.92 bits per heavy atom. The topological polar surface area (TPSA) is 72.3 Å². The summed E-state index contributed by atoms with van der Waals surface area (Å²) in [5.74, 6) is 1.49. The Bertz CT molecular complexity index is 642. The minimum absolute atomic E-state index is 0.0282. The SMILES string of the molecule is CC(C)Cc1ccc(C#N)c(N2CCN(CCNC(=O)C(C)C)CC2)n1. The number of hydrogen-bond donors (Lipinski definition) is 1. The molecule has 0 aliphatic carbocycles. The lowest BCUT2D eigenvalue weighted by Crippen LogP contribution is -2.49. The molecule has 0 atom stereocenters. The van der Waals surface area contributed by atoms with Crippen LogP contribution < -0.4 is 10.2 Å². The molecule has 1 aliphatic heterocycles. The van der Waals surface area contributed by atoms with E-state index >= 15 is 0 Å². The summed E-state index contributed by atoms with van der Waals surface area (Å²) >= 11 is 0. The minimum Gasteiger partial charge on any atom is -0.355 e. The van der Waals surface area contributed by atoms with Gasteiger partial charge < -0.3 is 10.2 Å². The second-order valence-corrected chi connectivity index (χ2v) is 7.66. The molecule has 0 saturated carbocycles. The summed E-state index contributed by atoms with van der Waals surface area (Å²) in [6.07, 6.45) is 0.925. The molecule has 142 valence electrons. The molecule has 1 aromatic rings. The average Bonchev–Trinajstić information content (AvgIpc) is 2.61. The fourth-order valence-electron chi connectivity index (χ4n) is 3.07. The smallest absolute Gasteiger partial charge is 0.222 e. The van der Waals surface area contributed by atoms with E-state index in [9.17, 15) is 10.1 Å². The van der Waals surface area contributed by atoms with E-state index in [2.05, 4.69) is 35.0 Å². The number of pyridine rings is 1. The van der Waals surface area contributed by atoms with Crippen LogP contribution in [0.25, 0.3) is 0 Å². The first-order valence-corrected chi connectivity index (χ1v) is 9.55. The van der Waals surface area contributed by atoms with Crippen molar-refractivity contribution >= 4 is 11.7 Å². The highest BCUT2D eigenvalue weighted by atomic mass is 16.1. The van der Waals surface area contributed by atoms with Gasteiger partial charge in [-0.2, -0.15) is 5.26 Å². The van der Waals surface area contributed by atoms with E-state index in [1.165, 1.54) is 0 Å². The molecule has 1 saturated heterocycles. The number of hydrogen-bond acceptors (Lipinski definition) is 5. The predicted octanol–water partition coefficient (Wildman–Crippen LogP) is 2.05. The molecule has 1 N–H and O–H groups in total. The van der Waals surface area contributed by atoms with Crippen molar-refractivity contribution in [3.8, 4) is 6.07 Å². The van der Waals surface area contributed by atoms with E-state index in [4.69, 9.17) is 4.98 Å². The summed E-state index contributed by atoms with van der Waals surface area (Å²) in [5.41, 5.74) is 1.70. The molecule has 6 heteroatoms. The quantitative estimate of drug-likeness (QED) is 0.808. The zero-order valence-corrected chi connectivity index (χ0v) is 16.5. The third-order valence-electron chi connectivity index (χ3n) is 4.59. The van der Waals surface area contributed by atoms with Gasteiger partial charge in [0.05, 0.1) is 5.56 Å². The molecule has 2 heterocycles. The molecule has 1 amide bonds. The van der Waals surface area contributed by atoms with Gasteiger partial charge in [-0.05, 0) is 24.5 Å². The summed E-state index contributed by atoms with van der Waals surface area (Å²) in [4.78, 5) is 21.0. The minimum atomic E-state index is 0.0282. The lowest BCUT2D eigenvalue weighted by atomic mass is 10.1. The van der Waals surface area contributed by atoms with Gasteiger partial charge in [-0.25, -0.2) is 4.98 Å². The predicted molar refractivity (Wildman–Crippen MR) is 104 cm³/mol. The van der Waals surface area contributed by atoms with Gasteiger partial charge in [-0.3, -0.25) is 9.69 Å². The van der Waals surface area contributed by atoms with Crippen molar-refractivity contribution in [3.63, 3.8) is 0 Å². The summed E-state index contributed by atoms with van der Waals surface area (Å²) in [6.45, 7) is 13.2. The molecule has 0 aromatic carbocycles. The van der Waals surface area contributed by atoms with Crippen molar-refractivity contribution < 1.29 is 4.79 Å². The van der Waals surface area contributed by atoms with Crippen LogP contribution in [0.2, 0.25) is 0 Å². The number of rotatable bonds is 7. The van der Waals surface area contributed by atoms with Gasteiger partial charge in [0.25, 0.3) is 0 Å². The average molecular weight is 358 g/mol. The molecule has 2 rings (SSSR count). The van der Waals surface area contributed by atoms with Crippen molar-refractivity contribution in [1.82, 2.24) is 15.2 Å². The Balaban J connectivity index is 1.91. The zero-order valence-electron chi connectivity index (χ0n) is 16.5. The van der Waals surface area contributed by atoms with Crippen LogP contribution in [0.4, 0.5) is 5.82 Å². The lowest BCUT2D eigenvalue weighted by molar-refractivity contribution is -0.124. The van der Waals surface area contributed by atoms with Crippen LogP contribution in [-0.2, 0) is 11.2 Å². The number of amides is 1. The van der Waals surface area contributed by atoms with Crippen molar-refractivity contribution in [2.24, 2.45) is 11.8 Å². The van der Waals surface area contributed by atoms with Crippen LogP contribution in [0.1, 0.15) is 39.0 Å². The zero-order chi connectivity index (χ0) is 19.1. The number of anilines is 1. The third kappa shape index (κ3) is 5.70. The largest absolute Gasteiger partial charge is 0.355 e. The van der Waals surface area contributed by atoms with E-state index in [0.29, 0.717) is 18.0 Å². The molecule has 0 radical (unpaired) electrons. The molecule has 0 unspecified atom stereocenters. The fraction of sp³-hybridized carbons (Fsp3) is 0.650. The number of aromatic nitrogens is 1. The van der Waals surface area contributed by atoms with E-state index in [-0.39, 0.29) is 11.8 Å². The Kier molecular flexibility index (Phi) is 7.40. The van der Waals surface area contributed by atoms with Gasteiger partial charge in [0.2, 0.25) is 5.91 Å². The van der Waals surface area contributed by atoms with Gasteiger partial charge in [0.15, 0.2) is 0 Å². The maximum absolute atomic E-state index is 11.6. The van der Waals surface area contributed by atoms with Crippen LogP contribution >= 0.6 is 0 Å². The standard InChI is InChI=1S/C20H31N5O/c1-15(2)13-18-6-5-17(14-21)19(23-18)25-11-9-24(10-12-25)8-7-22-20(26)16(3)4/h5-6,15-16H,7-13H2,1-4H3,(H,22,26). The monoisotopic (exact) mass is 357 g/mol. The van der Waals surface area contributed by atoms with Gasteiger partial charge >= 0.3 is 0 Å². The molecule has 26 heavy (non-hydrogen) atoms. The highest BCUT2D eigenvalue weighted by molar-refractivity contribution is 5.77. The molecule has 1 aromatic heterocycles. The molecule has 0 spiro atoms. The maximum atomic E-state index is 11.6. The number of carbonyl (C=O) groups is 1. The number of nitrogens with one attached hydrogen (secondary N) is 1. The van der Waals surface area contributed by atoms with Crippen LogP contribution in [0.15, 0.2) is 12.1 Å². The number of nitriles is 1. The maximum Gasteiger partial charge on any atom is 0.222 e. The molecular formula is C20H31N5O. The Labute approximate surface area is 157 Å². The highest BCUT2D eigenvalue weighted by Crippen LogP contribution is 2.21. The summed E-state index contributed by atoms with van der Waals surface area (Å²) in [6, 6.07) is 6.14. The van der Waals surface area contributed by atoms with Gasteiger partial charge in [0, 0.05) is 50.9 Å². The second-order valence-electron chi connectivity index (χ2n) is 7.66. The van der Waals surface area contributed by atoms with Crippen LogP contribution in [0, 0.1) is 23.2 Å². The normalized spacial score (nSPS) is 15.3. The summed E-state index contributed by atoms with van der Waals surface area (Å²) in [5, 5.41) is 12.4. The van der Waals surface area contributed by atoms with Crippen LogP contribution in [-0.4, -0.2) is 55.1 Å². The summed E-state index contributed by atoms with van der Waals surface area (Å²) in [7, 11) is 0. The highest BCUT2D eigenvalue weighted by Gasteiger charge is 2.21. The van der Waals surface area contributed by atoms with Gasteiger partial charge in [-0.15, -0.1) is 0 Å². The van der Waals surface area contributed by atoms with Crippen molar-refractivity contribution in [3.05, 3.63) is 23.4 Å². The summed E-state index contributed by atoms with van der Waals surface area (Å²) < 4.78 is 0.